The van der Waals surface area contributed by atoms with Crippen molar-refractivity contribution in [2.75, 3.05) is 13.7 Å². The van der Waals surface area contributed by atoms with Crippen LogP contribution in [0.25, 0.3) is 10.9 Å². The van der Waals surface area contributed by atoms with Gasteiger partial charge in [-0.15, -0.1) is 0 Å². The number of nitrogens with zero attached hydrogens (tertiary/aromatic N) is 1. The van der Waals surface area contributed by atoms with Gasteiger partial charge in [0.2, 0.25) is 0 Å². The molecule has 1 aromatic heterocycles. The zero-order valence-electron chi connectivity index (χ0n) is 11.0. The summed E-state index contributed by atoms with van der Waals surface area (Å²) in [5, 5.41) is 10.8. The second-order valence-corrected chi connectivity index (χ2v) is 5.23. The molecule has 4 nitrogen and oxygen atoms in total. The highest BCUT2D eigenvalue weighted by molar-refractivity contribution is 6.45. The average Bonchev–Trinajstić information content (AvgIpc) is 2.78. The summed E-state index contributed by atoms with van der Waals surface area (Å²) in [6.45, 7) is 0.192. The maximum Gasteiger partial charge on any atom is 0.325 e. The van der Waals surface area contributed by atoms with Gasteiger partial charge in [0.25, 0.3) is 0 Å². The predicted molar refractivity (Wildman–Crippen MR) is 79.4 cm³/mol. The number of esters is 1. The molecule has 0 aliphatic carbocycles. The number of aromatic nitrogens is 1. The number of hydrogen-bond donors (Lipinski definition) is 1. The van der Waals surface area contributed by atoms with Crippen LogP contribution >= 0.6 is 23.2 Å². The van der Waals surface area contributed by atoms with Crippen molar-refractivity contribution in [2.24, 2.45) is 0 Å². The summed E-state index contributed by atoms with van der Waals surface area (Å²) in [6, 6.07) is 3.61. The average molecular weight is 316 g/mol. The number of methoxy groups -OCH3 is 1. The summed E-state index contributed by atoms with van der Waals surface area (Å²) < 4.78 is 6.43. The van der Waals surface area contributed by atoms with Crippen molar-refractivity contribution in [1.29, 1.82) is 0 Å². The van der Waals surface area contributed by atoms with E-state index >= 15 is 0 Å². The first kappa shape index (κ1) is 15.2. The molecular formula is C14H15Cl2NO3. The first-order chi connectivity index (χ1) is 9.58. The highest BCUT2D eigenvalue weighted by Gasteiger charge is 2.15. The molecule has 0 spiro atoms. The molecule has 2 aromatic rings. The summed E-state index contributed by atoms with van der Waals surface area (Å²) in [5.74, 6) is -0.355. The molecule has 0 saturated heterocycles. The van der Waals surface area contributed by atoms with E-state index in [0.717, 1.165) is 16.5 Å². The van der Waals surface area contributed by atoms with Crippen molar-refractivity contribution >= 4 is 40.1 Å². The fourth-order valence-electron chi connectivity index (χ4n) is 2.20. The Bertz CT molecular complexity index is 637. The Kier molecular flexibility index (Phi) is 4.91. The molecule has 0 aliphatic heterocycles. The second kappa shape index (κ2) is 6.48. The molecule has 0 atom stereocenters. The largest absolute Gasteiger partial charge is 0.468 e. The smallest absolute Gasteiger partial charge is 0.325 e. The number of aliphatic hydroxyl groups excluding tert-OH is 1. The van der Waals surface area contributed by atoms with Crippen LogP contribution < -0.4 is 0 Å². The molecule has 20 heavy (non-hydrogen) atoms. The van der Waals surface area contributed by atoms with Crippen LogP contribution in [0.3, 0.4) is 0 Å². The summed E-state index contributed by atoms with van der Waals surface area (Å²) >= 11 is 12.3. The van der Waals surface area contributed by atoms with Crippen LogP contribution in [0.1, 0.15) is 12.0 Å². The number of rotatable bonds is 5. The molecule has 1 aromatic carbocycles. The van der Waals surface area contributed by atoms with E-state index < -0.39 is 0 Å². The third-order valence-electron chi connectivity index (χ3n) is 3.15. The fourth-order valence-corrected chi connectivity index (χ4v) is 2.62. The van der Waals surface area contributed by atoms with Gasteiger partial charge >= 0.3 is 5.97 Å². The highest BCUT2D eigenvalue weighted by atomic mass is 35.5. The molecule has 0 fully saturated rings. The Balaban J connectivity index is 2.54. The Morgan fingerprint density at radius 3 is 2.80 bits per heavy atom. The molecule has 0 radical (unpaired) electrons. The molecule has 0 bridgehead atoms. The minimum absolute atomic E-state index is 0.0756. The third-order valence-corrected chi connectivity index (χ3v) is 3.94. The van der Waals surface area contributed by atoms with Gasteiger partial charge in [-0.2, -0.15) is 0 Å². The van der Waals surface area contributed by atoms with Crippen molar-refractivity contribution in [1.82, 2.24) is 4.57 Å². The lowest BCUT2D eigenvalue weighted by Gasteiger charge is -2.06. The minimum Gasteiger partial charge on any atom is -0.468 e. The van der Waals surface area contributed by atoms with E-state index in [2.05, 4.69) is 4.74 Å². The lowest BCUT2D eigenvalue weighted by atomic mass is 10.1. The quantitative estimate of drug-likeness (QED) is 0.863. The van der Waals surface area contributed by atoms with Crippen molar-refractivity contribution in [2.45, 2.75) is 19.4 Å². The Morgan fingerprint density at radius 1 is 1.40 bits per heavy atom. The standard InChI is InChI=1S/C14H15Cl2NO3/c1-20-12(19)8-17-7-9(3-2-6-18)10-4-5-11(15)13(16)14(10)17/h4-5,7,18H,2-3,6,8H2,1H3. The molecule has 6 heteroatoms. The normalized spacial score (nSPS) is 11.0. The van der Waals surface area contributed by atoms with Crippen LogP contribution in [0.4, 0.5) is 0 Å². The third kappa shape index (κ3) is 2.92. The summed E-state index contributed by atoms with van der Waals surface area (Å²) in [4.78, 5) is 11.5. The number of aliphatic hydroxyl groups is 1. The number of ether oxygens (including phenoxy) is 1. The van der Waals surface area contributed by atoms with Crippen LogP contribution in [0.5, 0.6) is 0 Å². The van der Waals surface area contributed by atoms with Gasteiger partial charge in [-0.3, -0.25) is 4.79 Å². The molecule has 1 heterocycles. The van der Waals surface area contributed by atoms with Gasteiger partial charge in [-0.25, -0.2) is 0 Å². The molecule has 0 unspecified atom stereocenters. The Hall–Kier alpha value is -1.23. The number of halogens is 2. The molecular weight excluding hydrogens is 301 g/mol. The number of benzene rings is 1. The number of carbonyl (C=O) groups excluding carboxylic acids is 1. The maximum absolute atomic E-state index is 11.5. The van der Waals surface area contributed by atoms with Crippen LogP contribution in [-0.4, -0.2) is 29.4 Å². The van der Waals surface area contributed by atoms with Gasteiger partial charge in [-0.1, -0.05) is 29.3 Å². The molecule has 0 aliphatic rings. The van der Waals surface area contributed by atoms with Gasteiger partial charge in [-0.05, 0) is 24.5 Å². The van der Waals surface area contributed by atoms with E-state index in [-0.39, 0.29) is 19.1 Å². The maximum atomic E-state index is 11.5. The molecule has 108 valence electrons. The predicted octanol–water partition coefficient (Wildman–Crippen LogP) is 3.05. The zero-order chi connectivity index (χ0) is 14.7. The van der Waals surface area contributed by atoms with E-state index in [1.165, 1.54) is 7.11 Å². The molecule has 1 N–H and O–H groups in total. The van der Waals surface area contributed by atoms with Crippen LogP contribution in [0.15, 0.2) is 18.3 Å². The van der Waals surface area contributed by atoms with Crippen molar-refractivity contribution < 1.29 is 14.6 Å². The first-order valence-electron chi connectivity index (χ1n) is 6.22. The molecule has 0 saturated carbocycles. The van der Waals surface area contributed by atoms with Crippen LogP contribution in [0, 0.1) is 0 Å². The minimum atomic E-state index is -0.355. The van der Waals surface area contributed by atoms with Crippen LogP contribution in [0.2, 0.25) is 10.0 Å². The number of aryl methyl sites for hydroxylation is 1. The van der Waals surface area contributed by atoms with Crippen molar-refractivity contribution in [3.8, 4) is 0 Å². The summed E-state index contributed by atoms with van der Waals surface area (Å²) in [5.41, 5.74) is 1.74. The number of fused-ring (bicyclic) bond motifs is 1. The first-order valence-corrected chi connectivity index (χ1v) is 6.97. The number of carbonyl (C=O) groups is 1. The van der Waals surface area contributed by atoms with Crippen LogP contribution in [-0.2, 0) is 22.5 Å². The zero-order valence-corrected chi connectivity index (χ0v) is 12.5. The van der Waals surface area contributed by atoms with Crippen molar-refractivity contribution in [3.63, 3.8) is 0 Å². The van der Waals surface area contributed by atoms with E-state index in [9.17, 15) is 4.79 Å². The number of hydrogen-bond acceptors (Lipinski definition) is 3. The lowest BCUT2D eigenvalue weighted by Crippen LogP contribution is -2.10. The highest BCUT2D eigenvalue weighted by Crippen LogP contribution is 2.34. The topological polar surface area (TPSA) is 51.5 Å². The fraction of sp³-hybridized carbons (Fsp3) is 0.357. The SMILES string of the molecule is COC(=O)Cn1cc(CCCO)c2ccc(Cl)c(Cl)c21. The monoisotopic (exact) mass is 315 g/mol. The van der Waals surface area contributed by atoms with Gasteiger partial charge in [0.05, 0.1) is 22.7 Å². The van der Waals surface area contributed by atoms with Gasteiger partial charge in [0.1, 0.15) is 6.54 Å². The second-order valence-electron chi connectivity index (χ2n) is 4.44. The van der Waals surface area contributed by atoms with Gasteiger partial charge in [0, 0.05) is 18.2 Å². The molecule has 2 rings (SSSR count). The Morgan fingerprint density at radius 2 is 2.15 bits per heavy atom. The summed E-state index contributed by atoms with van der Waals surface area (Å²) in [6.07, 6.45) is 3.22. The van der Waals surface area contributed by atoms with E-state index in [0.29, 0.717) is 22.9 Å². The van der Waals surface area contributed by atoms with Crippen molar-refractivity contribution in [3.05, 3.63) is 33.9 Å². The lowest BCUT2D eigenvalue weighted by molar-refractivity contribution is -0.141. The van der Waals surface area contributed by atoms with E-state index in [4.69, 9.17) is 28.3 Å². The van der Waals surface area contributed by atoms with E-state index in [1.807, 2.05) is 12.3 Å². The van der Waals surface area contributed by atoms with E-state index in [1.54, 1.807) is 10.6 Å². The van der Waals surface area contributed by atoms with Gasteiger partial charge < -0.3 is 14.4 Å². The Labute approximate surface area is 126 Å². The van der Waals surface area contributed by atoms with Gasteiger partial charge in [0.15, 0.2) is 0 Å². The summed E-state index contributed by atoms with van der Waals surface area (Å²) in [7, 11) is 1.34. The molecule has 0 amide bonds.